The van der Waals surface area contributed by atoms with E-state index in [0.29, 0.717) is 25.7 Å². The predicted octanol–water partition coefficient (Wildman–Crippen LogP) is 7.60. The highest BCUT2D eigenvalue weighted by Gasteiger charge is 2.24. The highest BCUT2D eigenvalue weighted by Crippen LogP contribution is 2.30. The molecule has 0 fully saturated rings. The lowest BCUT2D eigenvalue weighted by Crippen LogP contribution is -2.22. The molecule has 0 radical (unpaired) electrons. The van der Waals surface area contributed by atoms with Gasteiger partial charge in [0.1, 0.15) is 23.2 Å². The number of hydrogen-bond acceptors (Lipinski definition) is 5. The molecule has 0 saturated heterocycles. The summed E-state index contributed by atoms with van der Waals surface area (Å²) < 4.78 is 18.7. The van der Waals surface area contributed by atoms with Gasteiger partial charge in [-0.2, -0.15) is 0 Å². The maximum absolute atomic E-state index is 13.8. The summed E-state index contributed by atoms with van der Waals surface area (Å²) >= 11 is 0. The third kappa shape index (κ3) is 11.2. The standard InChI is InChI=1S/C36H41FO5/c1-42-36(41)30(25-33(40)26-32(39)24-29-18-11-12-23-35(29)37)19-9-4-10-20-31(38)21-13-22-34(27-14-5-2-6-15-27)28-16-7-3-8-17-28/h2-3,5-8,11-12,14-18,23,30,34H,4,9-10,13,19-22,24-26H2,1H3/t30-/m1/s1. The highest BCUT2D eigenvalue weighted by molar-refractivity contribution is 6.00. The van der Waals surface area contributed by atoms with E-state index in [0.717, 1.165) is 25.7 Å². The van der Waals surface area contributed by atoms with Gasteiger partial charge in [-0.1, -0.05) is 91.7 Å². The van der Waals surface area contributed by atoms with Gasteiger partial charge in [-0.05, 0) is 48.4 Å². The predicted molar refractivity (Wildman–Crippen MR) is 162 cm³/mol. The number of hydrogen-bond donors (Lipinski definition) is 0. The maximum Gasteiger partial charge on any atom is 0.309 e. The molecule has 0 heterocycles. The van der Waals surface area contributed by atoms with E-state index in [2.05, 4.69) is 24.3 Å². The summed E-state index contributed by atoms with van der Waals surface area (Å²) in [6.45, 7) is 0. The van der Waals surface area contributed by atoms with Crippen LogP contribution in [-0.4, -0.2) is 30.4 Å². The van der Waals surface area contributed by atoms with Gasteiger partial charge in [-0.15, -0.1) is 0 Å². The molecule has 222 valence electrons. The van der Waals surface area contributed by atoms with Gasteiger partial charge in [0, 0.05) is 31.6 Å². The van der Waals surface area contributed by atoms with Crippen LogP contribution in [0.2, 0.25) is 0 Å². The van der Waals surface area contributed by atoms with Crippen molar-refractivity contribution in [1.29, 1.82) is 0 Å². The molecule has 3 aromatic rings. The second kappa shape index (κ2) is 17.8. The lowest BCUT2D eigenvalue weighted by atomic mass is 9.86. The number of esters is 1. The fourth-order valence-corrected chi connectivity index (χ4v) is 5.37. The van der Waals surface area contributed by atoms with Gasteiger partial charge in [-0.25, -0.2) is 4.39 Å². The first-order valence-electron chi connectivity index (χ1n) is 14.8. The minimum Gasteiger partial charge on any atom is -0.469 e. The average molecular weight is 573 g/mol. The Bertz CT molecular complexity index is 1250. The van der Waals surface area contributed by atoms with Gasteiger partial charge in [-0.3, -0.25) is 19.2 Å². The normalized spacial score (nSPS) is 11.7. The van der Waals surface area contributed by atoms with E-state index in [1.165, 1.54) is 30.4 Å². The fourth-order valence-electron chi connectivity index (χ4n) is 5.37. The van der Waals surface area contributed by atoms with Crippen molar-refractivity contribution < 1.29 is 28.3 Å². The number of benzene rings is 3. The molecule has 1 atom stereocenters. The molecular formula is C36H41FO5. The summed E-state index contributed by atoms with van der Waals surface area (Å²) in [5.41, 5.74) is 2.76. The average Bonchev–Trinajstić information content (AvgIpc) is 3.00. The Hall–Kier alpha value is -3.93. The molecule has 0 saturated carbocycles. The van der Waals surface area contributed by atoms with E-state index in [-0.39, 0.29) is 48.1 Å². The lowest BCUT2D eigenvalue weighted by molar-refractivity contribution is -0.147. The molecule has 0 N–H and O–H groups in total. The van der Waals surface area contributed by atoms with Crippen molar-refractivity contribution in [2.45, 2.75) is 76.5 Å². The van der Waals surface area contributed by atoms with Gasteiger partial charge in [0.25, 0.3) is 0 Å². The molecule has 0 unspecified atom stereocenters. The summed E-state index contributed by atoms with van der Waals surface area (Å²) in [5, 5.41) is 0. The number of rotatable bonds is 19. The van der Waals surface area contributed by atoms with Crippen LogP contribution in [-0.2, 0) is 30.3 Å². The second-order valence-corrected chi connectivity index (χ2v) is 10.9. The molecule has 3 rings (SSSR count). The number of ketones is 3. The van der Waals surface area contributed by atoms with Crippen molar-refractivity contribution in [1.82, 2.24) is 0 Å². The van der Waals surface area contributed by atoms with E-state index < -0.39 is 17.7 Å². The SMILES string of the molecule is COC(=O)[C@H](CCCCCC(=O)CCCC(c1ccccc1)c1ccccc1)CC(=O)CC(=O)Cc1ccccc1F. The lowest BCUT2D eigenvalue weighted by Gasteiger charge is -2.18. The molecule has 0 spiro atoms. The summed E-state index contributed by atoms with van der Waals surface area (Å²) in [6, 6.07) is 26.7. The third-order valence-corrected chi connectivity index (χ3v) is 7.61. The van der Waals surface area contributed by atoms with Gasteiger partial charge < -0.3 is 4.74 Å². The van der Waals surface area contributed by atoms with Crippen LogP contribution in [0, 0.1) is 11.7 Å². The van der Waals surface area contributed by atoms with E-state index in [1.54, 1.807) is 12.1 Å². The largest absolute Gasteiger partial charge is 0.469 e. The van der Waals surface area contributed by atoms with Crippen molar-refractivity contribution in [3.8, 4) is 0 Å². The number of ether oxygens (including phenoxy) is 1. The molecule has 0 aliphatic carbocycles. The molecule has 42 heavy (non-hydrogen) atoms. The third-order valence-electron chi connectivity index (χ3n) is 7.61. The van der Waals surface area contributed by atoms with Crippen LogP contribution in [0.1, 0.15) is 86.8 Å². The van der Waals surface area contributed by atoms with E-state index in [9.17, 15) is 23.6 Å². The van der Waals surface area contributed by atoms with Gasteiger partial charge in [0.2, 0.25) is 0 Å². The van der Waals surface area contributed by atoms with Crippen molar-refractivity contribution in [2.75, 3.05) is 7.11 Å². The number of unbranched alkanes of at least 4 members (excludes halogenated alkanes) is 2. The fraction of sp³-hybridized carbons (Fsp3) is 0.389. The quantitative estimate of drug-likeness (QED) is 0.0840. The van der Waals surface area contributed by atoms with Crippen LogP contribution in [0.3, 0.4) is 0 Å². The first-order chi connectivity index (χ1) is 20.4. The Morgan fingerprint density at radius 2 is 1.26 bits per heavy atom. The van der Waals surface area contributed by atoms with Crippen molar-refractivity contribution >= 4 is 23.3 Å². The number of carbonyl (C=O) groups excluding carboxylic acids is 4. The first-order valence-corrected chi connectivity index (χ1v) is 14.8. The maximum atomic E-state index is 13.8. The Labute approximate surface area is 248 Å². The zero-order valence-corrected chi connectivity index (χ0v) is 24.4. The smallest absolute Gasteiger partial charge is 0.309 e. The van der Waals surface area contributed by atoms with Gasteiger partial charge in [0.15, 0.2) is 0 Å². The monoisotopic (exact) mass is 572 g/mol. The van der Waals surface area contributed by atoms with Crippen molar-refractivity contribution in [3.05, 3.63) is 107 Å². The van der Waals surface area contributed by atoms with Crippen LogP contribution < -0.4 is 0 Å². The summed E-state index contributed by atoms with van der Waals surface area (Å²) in [7, 11) is 1.28. The Morgan fingerprint density at radius 1 is 0.667 bits per heavy atom. The van der Waals surface area contributed by atoms with Gasteiger partial charge in [0.05, 0.1) is 19.4 Å². The van der Waals surface area contributed by atoms with Crippen molar-refractivity contribution in [2.24, 2.45) is 5.92 Å². The Balaban J connectivity index is 1.36. The second-order valence-electron chi connectivity index (χ2n) is 10.9. The molecule has 0 aromatic heterocycles. The zero-order chi connectivity index (χ0) is 30.2. The minimum absolute atomic E-state index is 0.0847. The minimum atomic E-state index is -0.632. The number of methoxy groups -OCH3 is 1. The number of Topliss-reactive ketones (excluding diaryl/α,β-unsaturated/α-hetero) is 3. The van der Waals surface area contributed by atoms with Crippen molar-refractivity contribution in [3.63, 3.8) is 0 Å². The van der Waals surface area contributed by atoms with Gasteiger partial charge >= 0.3 is 5.97 Å². The molecule has 0 bridgehead atoms. The summed E-state index contributed by atoms with van der Waals surface area (Å²) in [4.78, 5) is 49.6. The molecular weight excluding hydrogens is 531 g/mol. The zero-order valence-electron chi connectivity index (χ0n) is 24.4. The molecule has 0 amide bonds. The molecule has 0 aliphatic rings. The van der Waals surface area contributed by atoms with Crippen LogP contribution in [0.4, 0.5) is 4.39 Å². The van der Waals surface area contributed by atoms with Crippen LogP contribution >= 0.6 is 0 Å². The molecule has 0 aliphatic heterocycles. The van der Waals surface area contributed by atoms with Crippen LogP contribution in [0.5, 0.6) is 0 Å². The first kappa shape index (κ1) is 32.6. The topological polar surface area (TPSA) is 77.5 Å². The van der Waals surface area contributed by atoms with E-state index >= 15 is 0 Å². The van der Waals surface area contributed by atoms with Crippen LogP contribution in [0.25, 0.3) is 0 Å². The molecule has 6 heteroatoms. The molecule has 3 aromatic carbocycles. The summed E-state index contributed by atoms with van der Waals surface area (Å²) in [6.07, 6.45) is 4.77. The van der Waals surface area contributed by atoms with E-state index in [4.69, 9.17) is 4.74 Å². The van der Waals surface area contributed by atoms with Crippen LogP contribution in [0.15, 0.2) is 84.9 Å². The Morgan fingerprint density at radius 3 is 1.88 bits per heavy atom. The Kier molecular flexibility index (Phi) is 13.8. The molecule has 5 nitrogen and oxygen atoms in total. The number of carbonyl (C=O) groups is 4. The number of halogens is 1. The summed E-state index contributed by atoms with van der Waals surface area (Å²) in [5.74, 6) is -1.83. The van der Waals surface area contributed by atoms with E-state index in [1.807, 2.05) is 36.4 Å². The highest BCUT2D eigenvalue weighted by atomic mass is 19.1.